The van der Waals surface area contributed by atoms with Gasteiger partial charge in [0.25, 0.3) is 11.8 Å². The van der Waals surface area contributed by atoms with Crippen molar-refractivity contribution in [3.63, 3.8) is 0 Å². The molecule has 4 atom stereocenters. The van der Waals surface area contributed by atoms with Crippen molar-refractivity contribution in [3.8, 4) is 11.8 Å². The Balaban J connectivity index is 0.000000160. The van der Waals surface area contributed by atoms with Crippen molar-refractivity contribution < 1.29 is 68.6 Å². The maximum atomic E-state index is 14.6. The molecule has 7 fully saturated rings. The van der Waals surface area contributed by atoms with Crippen LogP contribution in [0.2, 0.25) is 0 Å². The van der Waals surface area contributed by atoms with E-state index in [2.05, 4.69) is 40.7 Å². The molecule has 2 aliphatic carbocycles. The molecule has 2 aromatic heterocycles. The number of amides is 3. The predicted octanol–water partition coefficient (Wildman–Crippen LogP) is 9.18. The molecule has 4 bridgehead atoms. The van der Waals surface area contributed by atoms with Crippen LogP contribution in [0.4, 0.5) is 41.4 Å². The van der Waals surface area contributed by atoms with Crippen LogP contribution in [0.25, 0.3) is 0 Å². The van der Waals surface area contributed by atoms with Gasteiger partial charge in [0.15, 0.2) is 19.7 Å². The monoisotopic (exact) mass is 1180 g/mol. The lowest BCUT2D eigenvalue weighted by atomic mass is 9.81. The summed E-state index contributed by atoms with van der Waals surface area (Å²) in [5.41, 5.74) is 0.707. The molecule has 3 amide bonds. The number of nitrogens with one attached hydrogen (secondary N) is 3. The molecule has 0 radical (unpaired) electrons. The highest BCUT2D eigenvalue weighted by Gasteiger charge is 2.46. The molecule has 2 aromatic carbocycles. The summed E-state index contributed by atoms with van der Waals surface area (Å²) in [7, 11) is -6.99. The Morgan fingerprint density at radius 2 is 1.07 bits per heavy atom. The number of carbonyl (C=O) groups excluding carboxylic acids is 4. The van der Waals surface area contributed by atoms with Crippen molar-refractivity contribution >= 4 is 66.7 Å². The Morgan fingerprint density at radius 3 is 1.50 bits per heavy atom. The summed E-state index contributed by atoms with van der Waals surface area (Å²) in [5.74, 6) is -0.694. The smallest absolute Gasteiger partial charge is 0.474 e. The summed E-state index contributed by atoms with van der Waals surface area (Å²) in [5, 5.41) is 9.97. The number of hydrogen-bond donors (Lipinski definition) is 3. The number of halogens is 2. The molecule has 3 N–H and O–H groups in total. The Labute approximate surface area is 476 Å². The van der Waals surface area contributed by atoms with Crippen LogP contribution in [-0.4, -0.2) is 131 Å². The van der Waals surface area contributed by atoms with Crippen molar-refractivity contribution in [3.05, 3.63) is 71.8 Å². The van der Waals surface area contributed by atoms with E-state index in [4.69, 9.17) is 18.9 Å². The van der Waals surface area contributed by atoms with Crippen molar-refractivity contribution in [2.24, 2.45) is 0 Å². The van der Waals surface area contributed by atoms with E-state index in [9.17, 15) is 44.8 Å². The highest BCUT2D eigenvalue weighted by atomic mass is 32.2. The number of piperidine rings is 4. The summed E-state index contributed by atoms with van der Waals surface area (Å²) in [6, 6.07) is 8.57. The molecule has 4 aromatic rings. The van der Waals surface area contributed by atoms with Crippen molar-refractivity contribution in [1.82, 2.24) is 35.2 Å². The Hall–Kier alpha value is -6.80. The lowest BCUT2D eigenvalue weighted by Gasteiger charge is -2.49. The summed E-state index contributed by atoms with van der Waals surface area (Å²) in [4.78, 5) is 70.0. The third kappa shape index (κ3) is 14.5. The minimum absolute atomic E-state index is 0.0656. The van der Waals surface area contributed by atoms with E-state index in [1.165, 1.54) is 56.2 Å². The fourth-order valence-corrected chi connectivity index (χ4v) is 12.7. The van der Waals surface area contributed by atoms with Gasteiger partial charge >= 0.3 is 12.2 Å². The van der Waals surface area contributed by atoms with Crippen LogP contribution in [0.15, 0.2) is 58.8 Å². The molecular formula is C56H71F2N9O13S2. The standard InChI is InChI=1S/C26H33FN4O5S.C20H25FN4O3S.C10H13NO5/c1-16-23(30-22-9-8-20(14-21(22)27)37(3,33)34)28-15-29-24(16)35-19-12-17-6-4-7-18(13-19)31(17)25(32)36-26(2)10-5-11-26;1-12-19(25-18-7-6-16(10-17(18)21)29(2,26)27)22-11-23-20(12)28-15-8-13-4-3-5-14(9-15)24-13;1-10(5-2-6-10)15-9(14)16-11-7(12)3-4-8(11)13/h8-9,14-15,17-19H,4-7,10-13H2,1-3H3,(H,28,29,30);6-7,10-11,13-15,24H,3-5,8-9H2,1-2H3,(H,22,23,25);2-6H2,1H3. The van der Waals surface area contributed by atoms with Crippen molar-refractivity contribution in [2.75, 3.05) is 23.1 Å². The molecule has 444 valence electrons. The molecule has 26 heteroatoms. The van der Waals surface area contributed by atoms with Gasteiger partial charge in [0, 0.05) is 62.4 Å². The first-order valence-corrected chi connectivity index (χ1v) is 31.6. The number of aromatic nitrogens is 4. The number of imide groups is 1. The fraction of sp³-hybridized carbons (Fsp3) is 0.571. The Kier molecular flexibility index (Phi) is 17.9. The fourth-order valence-electron chi connectivity index (χ4n) is 11.4. The van der Waals surface area contributed by atoms with E-state index >= 15 is 0 Å². The molecule has 11 rings (SSSR count). The number of nitrogens with zero attached hydrogens (tertiary/aromatic N) is 6. The minimum Gasteiger partial charge on any atom is -0.474 e. The zero-order valence-electron chi connectivity index (χ0n) is 46.9. The first-order valence-electron chi connectivity index (χ1n) is 27.9. The molecule has 4 unspecified atom stereocenters. The van der Waals surface area contributed by atoms with Crippen molar-refractivity contribution in [2.45, 2.75) is 201 Å². The Bertz CT molecular complexity index is 3250. The largest absolute Gasteiger partial charge is 0.534 e. The van der Waals surface area contributed by atoms with Crippen LogP contribution >= 0.6 is 0 Å². The lowest BCUT2D eigenvalue weighted by molar-refractivity contribution is -0.184. The molecule has 82 heavy (non-hydrogen) atoms. The number of fused-ring (bicyclic) bond motifs is 4. The number of hydroxylamine groups is 2. The number of sulfone groups is 2. The molecule has 2 saturated carbocycles. The van der Waals surface area contributed by atoms with Gasteiger partial charge in [0.1, 0.15) is 59.3 Å². The molecule has 5 saturated heterocycles. The second kappa shape index (κ2) is 24.6. The van der Waals surface area contributed by atoms with E-state index < -0.39 is 54.9 Å². The molecule has 22 nitrogen and oxygen atoms in total. The first kappa shape index (κ1) is 59.8. The van der Waals surface area contributed by atoms with Crippen LogP contribution in [-0.2, 0) is 43.6 Å². The summed E-state index contributed by atoms with van der Waals surface area (Å²) in [6.45, 7) is 7.41. The van der Waals surface area contributed by atoms with Crippen LogP contribution in [0.3, 0.4) is 0 Å². The maximum absolute atomic E-state index is 14.6. The molecular weight excluding hydrogens is 1110 g/mol. The van der Waals surface area contributed by atoms with Gasteiger partial charge in [-0.3, -0.25) is 14.4 Å². The van der Waals surface area contributed by atoms with Crippen LogP contribution in [0, 0.1) is 25.5 Å². The highest BCUT2D eigenvalue weighted by Crippen LogP contribution is 2.41. The van der Waals surface area contributed by atoms with Gasteiger partial charge in [-0.25, -0.2) is 55.1 Å². The van der Waals surface area contributed by atoms with Gasteiger partial charge in [-0.05, 0) is 148 Å². The second-order valence-corrected chi connectivity index (χ2v) is 27.0. The summed E-state index contributed by atoms with van der Waals surface area (Å²) < 4.78 is 99.0. The number of benzene rings is 2. The summed E-state index contributed by atoms with van der Waals surface area (Å²) >= 11 is 0. The number of hydrogen-bond acceptors (Lipinski definition) is 20. The molecule has 5 aliphatic heterocycles. The number of rotatable bonds is 13. The zero-order valence-corrected chi connectivity index (χ0v) is 48.5. The minimum atomic E-state index is -3.52. The third-order valence-electron chi connectivity index (χ3n) is 16.3. The molecule has 0 spiro atoms. The van der Waals surface area contributed by atoms with Gasteiger partial charge in [0.2, 0.25) is 11.8 Å². The lowest BCUT2D eigenvalue weighted by Crippen LogP contribution is -2.58. The number of anilines is 4. The summed E-state index contributed by atoms with van der Waals surface area (Å²) in [6.07, 6.45) is 19.1. The highest BCUT2D eigenvalue weighted by molar-refractivity contribution is 7.91. The second-order valence-electron chi connectivity index (χ2n) is 22.9. The predicted molar refractivity (Wildman–Crippen MR) is 294 cm³/mol. The van der Waals surface area contributed by atoms with Crippen LogP contribution in [0.1, 0.15) is 141 Å². The normalized spacial score (nSPS) is 24.1. The SMILES string of the molecule is CC1(OC(=O)ON2C(=O)CCC2=O)CCC1.Cc1c(Nc2ccc(S(C)(=O)=O)cc2F)ncnc1OC1CC2CCCC(C1)N2.Cc1c(Nc2ccc(S(C)(=O)=O)cc2F)ncnc1OC1CC2CCCC(C1)N2C(=O)OC1(C)CCC1. The maximum Gasteiger partial charge on any atom is 0.534 e. The van der Waals surface area contributed by atoms with E-state index in [1.807, 2.05) is 18.7 Å². The van der Waals surface area contributed by atoms with Gasteiger partial charge in [-0.1, -0.05) is 11.5 Å². The average molecular weight is 1180 g/mol. The van der Waals surface area contributed by atoms with Gasteiger partial charge in [-0.2, -0.15) is 0 Å². The van der Waals surface area contributed by atoms with E-state index in [1.54, 1.807) is 13.8 Å². The van der Waals surface area contributed by atoms with E-state index in [-0.39, 0.29) is 70.0 Å². The zero-order chi connectivity index (χ0) is 58.7. The van der Waals surface area contributed by atoms with Gasteiger partial charge in [-0.15, -0.1) is 0 Å². The van der Waals surface area contributed by atoms with Crippen LogP contribution in [0.5, 0.6) is 11.8 Å². The van der Waals surface area contributed by atoms with Crippen LogP contribution < -0.4 is 25.4 Å². The van der Waals surface area contributed by atoms with E-state index in [0.717, 1.165) is 95.3 Å². The van der Waals surface area contributed by atoms with Crippen molar-refractivity contribution in [1.29, 1.82) is 0 Å². The molecule has 7 aliphatic rings. The number of carbonyl (C=O) groups is 4. The topological polar surface area (TPSA) is 277 Å². The van der Waals surface area contributed by atoms with E-state index in [0.29, 0.717) is 64.5 Å². The quantitative estimate of drug-likeness (QED) is 0.0831. The number of ether oxygens (including phenoxy) is 4. The average Bonchev–Trinajstić information content (AvgIpc) is 3.86. The first-order chi connectivity index (χ1) is 38.8. The van der Waals surface area contributed by atoms with Gasteiger partial charge in [0.05, 0.1) is 32.3 Å². The Morgan fingerprint density at radius 1 is 0.634 bits per heavy atom. The third-order valence-corrected chi connectivity index (χ3v) is 18.6. The molecule has 7 heterocycles. The van der Waals surface area contributed by atoms with Gasteiger partial charge < -0.3 is 39.8 Å².